The first-order valence-electron chi connectivity index (χ1n) is 6.26. The van der Waals surface area contributed by atoms with Crippen LogP contribution in [0.25, 0.3) is 0 Å². The van der Waals surface area contributed by atoms with Crippen molar-refractivity contribution >= 4 is 17.5 Å². The van der Waals surface area contributed by atoms with Crippen LogP contribution in [-0.2, 0) is 4.79 Å². The lowest BCUT2D eigenvalue weighted by Gasteiger charge is -2.05. The lowest BCUT2D eigenvalue weighted by atomic mass is 10.1. The number of hydrogen-bond acceptors (Lipinski definition) is 4. The fraction of sp³-hybridized carbons (Fsp3) is 0.214. The Bertz CT molecular complexity index is 641. The number of carbonyl (C=O) groups excluding carboxylic acids is 2. The fourth-order valence-corrected chi connectivity index (χ4v) is 1.75. The first-order chi connectivity index (χ1) is 10.1. The van der Waals surface area contributed by atoms with Crippen molar-refractivity contribution in [3.8, 4) is 5.75 Å². The molecule has 6 nitrogen and oxygen atoms in total. The Labute approximate surface area is 120 Å². The van der Waals surface area contributed by atoms with Gasteiger partial charge in [0.15, 0.2) is 17.3 Å². The van der Waals surface area contributed by atoms with Crippen LogP contribution in [0.5, 0.6) is 5.75 Å². The second-order valence-corrected chi connectivity index (χ2v) is 4.29. The highest BCUT2D eigenvalue weighted by Gasteiger charge is 2.12. The maximum atomic E-state index is 13.5. The Morgan fingerprint density at radius 3 is 2.76 bits per heavy atom. The van der Waals surface area contributed by atoms with E-state index < -0.39 is 5.82 Å². The molecule has 0 bridgehead atoms. The summed E-state index contributed by atoms with van der Waals surface area (Å²) in [5, 5.41) is 8.82. The summed E-state index contributed by atoms with van der Waals surface area (Å²) < 4.78 is 18.3. The van der Waals surface area contributed by atoms with Gasteiger partial charge in [0.25, 0.3) is 0 Å². The van der Waals surface area contributed by atoms with Crippen LogP contribution in [-0.4, -0.2) is 29.0 Å². The zero-order valence-electron chi connectivity index (χ0n) is 11.4. The Hall–Kier alpha value is -2.70. The molecule has 0 radical (unpaired) electrons. The summed E-state index contributed by atoms with van der Waals surface area (Å²) in [6.07, 6.45) is 1.50. The minimum atomic E-state index is -0.606. The second-order valence-electron chi connectivity index (χ2n) is 4.29. The summed E-state index contributed by atoms with van der Waals surface area (Å²) >= 11 is 0. The van der Waals surface area contributed by atoms with E-state index >= 15 is 0 Å². The molecule has 7 heteroatoms. The third kappa shape index (κ3) is 3.88. The average Bonchev–Trinajstić information content (AvgIpc) is 2.97. The van der Waals surface area contributed by atoms with Crippen LogP contribution in [0.3, 0.4) is 0 Å². The van der Waals surface area contributed by atoms with Crippen LogP contribution in [0.4, 0.5) is 10.2 Å². The number of methoxy groups -OCH3 is 1. The molecule has 1 heterocycles. The number of ketones is 1. The van der Waals surface area contributed by atoms with Crippen LogP contribution < -0.4 is 10.1 Å². The predicted octanol–water partition coefficient (Wildman–Crippen LogP) is 2.16. The first kappa shape index (κ1) is 14.7. The fourth-order valence-electron chi connectivity index (χ4n) is 1.75. The molecule has 1 aromatic heterocycles. The molecule has 0 aliphatic carbocycles. The number of Topliss-reactive ketones (excluding diaryl/α,β-unsaturated/α-hetero) is 1. The molecule has 2 aromatic rings. The Balaban J connectivity index is 1.89. The topological polar surface area (TPSA) is 84.1 Å². The summed E-state index contributed by atoms with van der Waals surface area (Å²) in [5.74, 6) is -0.699. The van der Waals surface area contributed by atoms with Crippen molar-refractivity contribution in [1.82, 2.24) is 10.2 Å². The average molecular weight is 291 g/mol. The largest absolute Gasteiger partial charge is 0.494 e. The van der Waals surface area contributed by atoms with E-state index in [1.807, 2.05) is 0 Å². The number of hydrogen-bond donors (Lipinski definition) is 2. The number of ether oxygens (including phenoxy) is 1. The van der Waals surface area contributed by atoms with Crippen LogP contribution in [0.15, 0.2) is 30.5 Å². The lowest BCUT2D eigenvalue weighted by Crippen LogP contribution is -2.13. The number of halogens is 1. The van der Waals surface area contributed by atoms with Gasteiger partial charge in [-0.25, -0.2) is 4.39 Å². The number of nitrogens with zero attached hydrogens (tertiary/aromatic N) is 1. The zero-order valence-corrected chi connectivity index (χ0v) is 11.4. The highest BCUT2D eigenvalue weighted by Crippen LogP contribution is 2.19. The number of anilines is 1. The van der Waals surface area contributed by atoms with Gasteiger partial charge in [-0.1, -0.05) is 0 Å². The van der Waals surface area contributed by atoms with Crippen molar-refractivity contribution in [2.24, 2.45) is 0 Å². The Morgan fingerprint density at radius 2 is 2.14 bits per heavy atom. The number of benzene rings is 1. The molecule has 0 aliphatic heterocycles. The van der Waals surface area contributed by atoms with Crippen molar-refractivity contribution in [1.29, 1.82) is 0 Å². The summed E-state index contributed by atoms with van der Waals surface area (Å²) in [6.45, 7) is 0. The number of nitrogens with one attached hydrogen (secondary N) is 2. The van der Waals surface area contributed by atoms with E-state index in [1.165, 1.54) is 25.4 Å². The van der Waals surface area contributed by atoms with Crippen LogP contribution in [0.1, 0.15) is 23.2 Å². The van der Waals surface area contributed by atoms with Gasteiger partial charge >= 0.3 is 0 Å². The van der Waals surface area contributed by atoms with Gasteiger partial charge in [0.2, 0.25) is 5.91 Å². The molecule has 1 amide bonds. The number of rotatable bonds is 6. The molecular weight excluding hydrogens is 277 g/mol. The molecule has 0 saturated carbocycles. The zero-order chi connectivity index (χ0) is 15.2. The molecule has 1 aromatic carbocycles. The van der Waals surface area contributed by atoms with Gasteiger partial charge in [-0.15, -0.1) is 0 Å². The molecule has 0 spiro atoms. The quantitative estimate of drug-likeness (QED) is 0.799. The maximum Gasteiger partial charge on any atom is 0.225 e. The third-order valence-electron chi connectivity index (χ3n) is 2.83. The second kappa shape index (κ2) is 6.65. The summed E-state index contributed by atoms with van der Waals surface area (Å²) in [7, 11) is 1.35. The maximum absolute atomic E-state index is 13.5. The normalized spacial score (nSPS) is 10.2. The van der Waals surface area contributed by atoms with Gasteiger partial charge < -0.3 is 10.1 Å². The predicted molar refractivity (Wildman–Crippen MR) is 73.7 cm³/mol. The molecule has 21 heavy (non-hydrogen) atoms. The monoisotopic (exact) mass is 291 g/mol. The number of carbonyl (C=O) groups is 2. The lowest BCUT2D eigenvalue weighted by molar-refractivity contribution is -0.116. The molecule has 0 unspecified atom stereocenters. The molecule has 0 atom stereocenters. The van der Waals surface area contributed by atoms with Crippen molar-refractivity contribution in [3.63, 3.8) is 0 Å². The van der Waals surface area contributed by atoms with Crippen molar-refractivity contribution in [3.05, 3.63) is 41.8 Å². The summed E-state index contributed by atoms with van der Waals surface area (Å²) in [4.78, 5) is 23.5. The van der Waals surface area contributed by atoms with Crippen molar-refractivity contribution in [2.75, 3.05) is 12.4 Å². The van der Waals surface area contributed by atoms with Gasteiger partial charge in [0.05, 0.1) is 13.3 Å². The number of amides is 1. The highest BCUT2D eigenvalue weighted by atomic mass is 19.1. The third-order valence-corrected chi connectivity index (χ3v) is 2.83. The molecular formula is C14H14FN3O3. The van der Waals surface area contributed by atoms with Gasteiger partial charge in [0.1, 0.15) is 5.82 Å². The van der Waals surface area contributed by atoms with E-state index in [9.17, 15) is 14.0 Å². The Morgan fingerprint density at radius 1 is 1.33 bits per heavy atom. The summed E-state index contributed by atoms with van der Waals surface area (Å²) in [6, 6.07) is 5.55. The smallest absolute Gasteiger partial charge is 0.225 e. The molecule has 0 aliphatic rings. The van der Waals surface area contributed by atoms with E-state index in [4.69, 9.17) is 4.74 Å². The van der Waals surface area contributed by atoms with E-state index in [-0.39, 0.29) is 35.8 Å². The van der Waals surface area contributed by atoms with E-state index in [2.05, 4.69) is 15.5 Å². The minimum Gasteiger partial charge on any atom is -0.494 e. The van der Waals surface area contributed by atoms with Crippen LogP contribution in [0, 0.1) is 5.82 Å². The van der Waals surface area contributed by atoms with Gasteiger partial charge in [-0.05, 0) is 18.2 Å². The van der Waals surface area contributed by atoms with Crippen LogP contribution >= 0.6 is 0 Å². The first-order valence-corrected chi connectivity index (χ1v) is 6.26. The molecule has 0 saturated heterocycles. The number of aromatic amines is 1. The molecule has 2 N–H and O–H groups in total. The highest BCUT2D eigenvalue weighted by molar-refractivity contribution is 5.99. The number of H-pyrrole nitrogens is 1. The summed E-state index contributed by atoms with van der Waals surface area (Å²) in [5.41, 5.74) is 0.211. The SMILES string of the molecule is COc1ccc(C(=O)CCC(=O)Nc2ccn[nH]2)cc1F. The van der Waals surface area contributed by atoms with E-state index in [0.717, 1.165) is 6.07 Å². The molecule has 0 fully saturated rings. The standard InChI is InChI=1S/C14H14FN3O3/c1-21-12-4-2-9(8-10(12)15)11(19)3-5-14(20)17-13-6-7-16-18-13/h2,4,6-8H,3,5H2,1H3,(H2,16,17,18,20). The van der Waals surface area contributed by atoms with Gasteiger partial charge in [-0.2, -0.15) is 5.10 Å². The van der Waals surface area contributed by atoms with Gasteiger partial charge in [-0.3, -0.25) is 14.7 Å². The molecule has 110 valence electrons. The van der Waals surface area contributed by atoms with Crippen LogP contribution in [0.2, 0.25) is 0 Å². The molecule has 2 rings (SSSR count). The van der Waals surface area contributed by atoms with Gasteiger partial charge in [0, 0.05) is 24.5 Å². The number of aromatic nitrogens is 2. The van der Waals surface area contributed by atoms with Crippen molar-refractivity contribution in [2.45, 2.75) is 12.8 Å². The van der Waals surface area contributed by atoms with Crippen molar-refractivity contribution < 1.29 is 18.7 Å². The van der Waals surface area contributed by atoms with E-state index in [0.29, 0.717) is 5.82 Å². The minimum absolute atomic E-state index is 0.00546. The van der Waals surface area contributed by atoms with E-state index in [1.54, 1.807) is 6.07 Å². The Kier molecular flexibility index (Phi) is 4.65.